The van der Waals surface area contributed by atoms with Gasteiger partial charge in [-0.1, -0.05) is 23.7 Å². The Kier molecular flexibility index (Phi) is 2.46. The second kappa shape index (κ2) is 3.96. The van der Waals surface area contributed by atoms with Gasteiger partial charge < -0.3 is 9.88 Å². The van der Waals surface area contributed by atoms with Crippen LogP contribution in [0.15, 0.2) is 42.6 Å². The quantitative estimate of drug-likeness (QED) is 0.800. The summed E-state index contributed by atoms with van der Waals surface area (Å²) in [4.78, 5) is 0. The fraction of sp³-hybridized carbons (Fsp3) is 0.231. The molecule has 2 aromatic rings. The van der Waals surface area contributed by atoms with Crippen LogP contribution in [0.2, 0.25) is 5.02 Å². The Balaban J connectivity index is 2.00. The van der Waals surface area contributed by atoms with Gasteiger partial charge in [-0.3, -0.25) is 0 Å². The van der Waals surface area contributed by atoms with Gasteiger partial charge in [0, 0.05) is 30.0 Å². The zero-order chi connectivity index (χ0) is 11.0. The predicted molar refractivity (Wildman–Crippen MR) is 65.7 cm³/mol. The summed E-state index contributed by atoms with van der Waals surface area (Å²) in [5, 5.41) is 4.32. The summed E-state index contributed by atoms with van der Waals surface area (Å²) in [6.07, 6.45) is 2.14. The van der Waals surface area contributed by atoms with Crippen molar-refractivity contribution in [2.75, 3.05) is 6.54 Å². The molecule has 1 aromatic carbocycles. The highest BCUT2D eigenvalue weighted by molar-refractivity contribution is 6.30. The molecule has 0 amide bonds. The number of hydrogen-bond donors (Lipinski definition) is 1. The number of hydrogen-bond acceptors (Lipinski definition) is 1. The highest BCUT2D eigenvalue weighted by Crippen LogP contribution is 2.26. The van der Waals surface area contributed by atoms with Crippen molar-refractivity contribution < 1.29 is 0 Å². The molecule has 3 rings (SSSR count). The summed E-state index contributed by atoms with van der Waals surface area (Å²) in [6.45, 7) is 2.06. The molecule has 16 heavy (non-hydrogen) atoms. The molecular weight excluding hydrogens is 220 g/mol. The van der Waals surface area contributed by atoms with E-state index in [1.807, 2.05) is 12.1 Å². The molecule has 82 valence electrons. The molecule has 1 aromatic heterocycles. The summed E-state index contributed by atoms with van der Waals surface area (Å²) in [6, 6.07) is 12.6. The largest absolute Gasteiger partial charge is 0.348 e. The van der Waals surface area contributed by atoms with Crippen LogP contribution in [0.4, 0.5) is 0 Å². The molecule has 0 aliphatic carbocycles. The van der Waals surface area contributed by atoms with Crippen molar-refractivity contribution in [2.45, 2.75) is 12.6 Å². The zero-order valence-electron chi connectivity index (χ0n) is 8.86. The first-order valence-electron chi connectivity index (χ1n) is 5.48. The van der Waals surface area contributed by atoms with E-state index in [0.29, 0.717) is 6.04 Å². The molecule has 1 atom stereocenters. The van der Waals surface area contributed by atoms with E-state index in [1.54, 1.807) is 0 Å². The van der Waals surface area contributed by atoms with Crippen LogP contribution in [0.1, 0.15) is 17.3 Å². The minimum atomic E-state index is 0.293. The third kappa shape index (κ3) is 1.64. The lowest BCUT2D eigenvalue weighted by Gasteiger charge is -2.26. The van der Waals surface area contributed by atoms with Crippen LogP contribution in [-0.4, -0.2) is 11.1 Å². The minimum absolute atomic E-state index is 0.293. The first-order chi connectivity index (χ1) is 7.84. The van der Waals surface area contributed by atoms with Crippen LogP contribution in [-0.2, 0) is 6.54 Å². The van der Waals surface area contributed by atoms with E-state index < -0.39 is 0 Å². The monoisotopic (exact) mass is 232 g/mol. The van der Waals surface area contributed by atoms with E-state index in [1.165, 1.54) is 11.3 Å². The lowest BCUT2D eigenvalue weighted by molar-refractivity contribution is 0.467. The van der Waals surface area contributed by atoms with Gasteiger partial charge in [-0.05, 0) is 29.8 Å². The minimum Gasteiger partial charge on any atom is -0.348 e. The van der Waals surface area contributed by atoms with E-state index in [4.69, 9.17) is 11.6 Å². The van der Waals surface area contributed by atoms with E-state index >= 15 is 0 Å². The second-order valence-corrected chi connectivity index (χ2v) is 4.50. The number of fused-ring (bicyclic) bond motifs is 1. The smallest absolute Gasteiger partial charge is 0.0731 e. The highest BCUT2D eigenvalue weighted by Gasteiger charge is 2.20. The van der Waals surface area contributed by atoms with Gasteiger partial charge in [-0.2, -0.15) is 0 Å². The topological polar surface area (TPSA) is 17.0 Å². The molecule has 0 unspecified atom stereocenters. The molecule has 2 heterocycles. The molecule has 0 fully saturated rings. The van der Waals surface area contributed by atoms with Crippen molar-refractivity contribution >= 4 is 11.6 Å². The molecule has 0 spiro atoms. The second-order valence-electron chi connectivity index (χ2n) is 4.07. The number of nitrogens with zero attached hydrogens (tertiary/aromatic N) is 1. The Hall–Kier alpha value is -1.25. The average Bonchev–Trinajstić information content (AvgIpc) is 2.78. The van der Waals surface area contributed by atoms with E-state index in [9.17, 15) is 0 Å². The van der Waals surface area contributed by atoms with Gasteiger partial charge in [0.15, 0.2) is 0 Å². The van der Waals surface area contributed by atoms with Crippen LogP contribution in [0.3, 0.4) is 0 Å². The lowest BCUT2D eigenvalue weighted by Crippen LogP contribution is -2.33. The Bertz CT molecular complexity index is 487. The molecule has 0 bridgehead atoms. The van der Waals surface area contributed by atoms with Gasteiger partial charge in [-0.15, -0.1) is 0 Å². The highest BCUT2D eigenvalue weighted by atomic mass is 35.5. The third-order valence-electron chi connectivity index (χ3n) is 3.06. The van der Waals surface area contributed by atoms with Crippen LogP contribution in [0.5, 0.6) is 0 Å². The number of benzene rings is 1. The first-order valence-corrected chi connectivity index (χ1v) is 5.86. The van der Waals surface area contributed by atoms with Gasteiger partial charge in [0.1, 0.15) is 0 Å². The average molecular weight is 233 g/mol. The Morgan fingerprint density at radius 1 is 1.19 bits per heavy atom. The summed E-state index contributed by atoms with van der Waals surface area (Å²) < 4.78 is 2.30. The maximum absolute atomic E-state index is 5.90. The number of halogens is 1. The number of rotatable bonds is 1. The van der Waals surface area contributed by atoms with Crippen molar-refractivity contribution in [1.82, 2.24) is 9.88 Å². The standard InChI is InChI=1S/C13H13ClN2/c14-11-5-3-10(4-6-11)13-12-2-1-8-16(12)9-7-15-13/h1-6,8,13,15H,7,9H2/t13-/m0/s1. The molecule has 1 aliphatic heterocycles. The fourth-order valence-electron chi connectivity index (χ4n) is 2.27. The van der Waals surface area contributed by atoms with Gasteiger partial charge in [-0.25, -0.2) is 0 Å². The van der Waals surface area contributed by atoms with Crippen molar-refractivity contribution in [3.63, 3.8) is 0 Å². The maximum atomic E-state index is 5.90. The Labute approximate surface area is 99.8 Å². The third-order valence-corrected chi connectivity index (χ3v) is 3.32. The van der Waals surface area contributed by atoms with Gasteiger partial charge in [0.25, 0.3) is 0 Å². The zero-order valence-corrected chi connectivity index (χ0v) is 9.61. The molecule has 0 saturated heterocycles. The number of nitrogens with one attached hydrogen (secondary N) is 1. The summed E-state index contributed by atoms with van der Waals surface area (Å²) >= 11 is 5.90. The summed E-state index contributed by atoms with van der Waals surface area (Å²) in [7, 11) is 0. The van der Waals surface area contributed by atoms with Crippen molar-refractivity contribution in [3.05, 3.63) is 58.9 Å². The first kappa shape index (κ1) is 9.94. The SMILES string of the molecule is Clc1ccc([C@@H]2NCCn3cccc32)cc1. The van der Waals surface area contributed by atoms with Crippen molar-refractivity contribution in [1.29, 1.82) is 0 Å². The molecule has 1 N–H and O–H groups in total. The molecule has 0 radical (unpaired) electrons. The van der Waals surface area contributed by atoms with Crippen LogP contribution in [0, 0.1) is 0 Å². The van der Waals surface area contributed by atoms with Gasteiger partial charge >= 0.3 is 0 Å². The Morgan fingerprint density at radius 3 is 2.81 bits per heavy atom. The van der Waals surface area contributed by atoms with Crippen LogP contribution in [0.25, 0.3) is 0 Å². The predicted octanol–water partition coefficient (Wildman–Crippen LogP) is 2.83. The molecule has 2 nitrogen and oxygen atoms in total. The van der Waals surface area contributed by atoms with Crippen LogP contribution >= 0.6 is 11.6 Å². The lowest BCUT2D eigenvalue weighted by atomic mass is 10.0. The van der Waals surface area contributed by atoms with E-state index in [-0.39, 0.29) is 0 Å². The molecule has 1 aliphatic rings. The van der Waals surface area contributed by atoms with Gasteiger partial charge in [0.2, 0.25) is 0 Å². The number of aromatic nitrogens is 1. The summed E-state index contributed by atoms with van der Waals surface area (Å²) in [5.41, 5.74) is 2.60. The normalized spacial score (nSPS) is 19.4. The fourth-order valence-corrected chi connectivity index (χ4v) is 2.40. The summed E-state index contributed by atoms with van der Waals surface area (Å²) in [5.74, 6) is 0. The maximum Gasteiger partial charge on any atom is 0.0731 e. The molecular formula is C13H13ClN2. The van der Waals surface area contributed by atoms with Crippen molar-refractivity contribution in [2.24, 2.45) is 0 Å². The van der Waals surface area contributed by atoms with Crippen molar-refractivity contribution in [3.8, 4) is 0 Å². The van der Waals surface area contributed by atoms with Gasteiger partial charge in [0.05, 0.1) is 6.04 Å². The molecule has 0 saturated carbocycles. The molecule has 3 heteroatoms. The van der Waals surface area contributed by atoms with E-state index in [0.717, 1.165) is 18.1 Å². The van der Waals surface area contributed by atoms with E-state index in [2.05, 4.69) is 40.3 Å². The Morgan fingerprint density at radius 2 is 2.00 bits per heavy atom. The van der Waals surface area contributed by atoms with Crippen LogP contribution < -0.4 is 5.32 Å².